The van der Waals surface area contributed by atoms with E-state index < -0.39 is 5.97 Å². The SMILES string of the molecule is CCCC(CCNC(=O)C1CCSC1)CCC(=O)O. The Morgan fingerprint density at radius 1 is 1.37 bits per heavy atom. The zero-order valence-electron chi connectivity index (χ0n) is 11.7. The molecule has 0 aliphatic carbocycles. The summed E-state index contributed by atoms with van der Waals surface area (Å²) in [7, 11) is 0. The van der Waals surface area contributed by atoms with E-state index in [9.17, 15) is 9.59 Å². The van der Waals surface area contributed by atoms with Gasteiger partial charge in [-0.05, 0) is 30.9 Å². The Hall–Kier alpha value is -0.710. The van der Waals surface area contributed by atoms with E-state index >= 15 is 0 Å². The third-order valence-electron chi connectivity index (χ3n) is 3.62. The van der Waals surface area contributed by atoms with Crippen molar-refractivity contribution in [2.24, 2.45) is 11.8 Å². The standard InChI is InChI=1S/C14H25NO3S/c1-2-3-11(4-5-13(16)17)6-8-15-14(18)12-7-9-19-10-12/h11-12H,2-10H2,1H3,(H,15,18)(H,16,17). The third-order valence-corrected chi connectivity index (χ3v) is 4.78. The highest BCUT2D eigenvalue weighted by Crippen LogP contribution is 2.23. The summed E-state index contributed by atoms with van der Waals surface area (Å²) in [5.74, 6) is 2.10. The summed E-state index contributed by atoms with van der Waals surface area (Å²) < 4.78 is 0. The molecule has 0 aromatic carbocycles. The van der Waals surface area contributed by atoms with E-state index in [0.29, 0.717) is 12.5 Å². The van der Waals surface area contributed by atoms with Gasteiger partial charge in [-0.15, -0.1) is 0 Å². The second-order valence-electron chi connectivity index (χ2n) is 5.23. The van der Waals surface area contributed by atoms with Crippen LogP contribution in [-0.2, 0) is 9.59 Å². The zero-order chi connectivity index (χ0) is 14.1. The number of hydrogen-bond acceptors (Lipinski definition) is 3. The lowest BCUT2D eigenvalue weighted by molar-refractivity contribution is -0.137. The number of amides is 1. The summed E-state index contributed by atoms with van der Waals surface area (Å²) in [4.78, 5) is 22.4. The van der Waals surface area contributed by atoms with Crippen LogP contribution < -0.4 is 5.32 Å². The van der Waals surface area contributed by atoms with Crippen LogP contribution in [-0.4, -0.2) is 35.0 Å². The molecule has 19 heavy (non-hydrogen) atoms. The van der Waals surface area contributed by atoms with Crippen molar-refractivity contribution in [3.63, 3.8) is 0 Å². The normalized spacial score (nSPS) is 20.2. The molecule has 2 unspecified atom stereocenters. The van der Waals surface area contributed by atoms with Gasteiger partial charge in [0.15, 0.2) is 0 Å². The van der Waals surface area contributed by atoms with Crippen molar-refractivity contribution in [2.45, 2.75) is 45.4 Å². The van der Waals surface area contributed by atoms with Gasteiger partial charge in [-0.1, -0.05) is 19.8 Å². The predicted molar refractivity (Wildman–Crippen MR) is 78.3 cm³/mol. The lowest BCUT2D eigenvalue weighted by atomic mass is 9.94. The Morgan fingerprint density at radius 2 is 2.16 bits per heavy atom. The Labute approximate surface area is 119 Å². The third kappa shape index (κ3) is 6.85. The Balaban J connectivity index is 2.19. The summed E-state index contributed by atoms with van der Waals surface area (Å²) in [5.41, 5.74) is 0. The van der Waals surface area contributed by atoms with Gasteiger partial charge in [0, 0.05) is 24.6 Å². The van der Waals surface area contributed by atoms with Crippen molar-refractivity contribution in [3.8, 4) is 0 Å². The van der Waals surface area contributed by atoms with Crippen molar-refractivity contribution < 1.29 is 14.7 Å². The fourth-order valence-electron chi connectivity index (χ4n) is 2.45. The smallest absolute Gasteiger partial charge is 0.303 e. The minimum Gasteiger partial charge on any atom is -0.481 e. The van der Waals surface area contributed by atoms with E-state index in [1.54, 1.807) is 0 Å². The molecule has 2 atom stereocenters. The molecule has 0 aromatic rings. The number of carboxylic acid groups (broad SMARTS) is 1. The van der Waals surface area contributed by atoms with Crippen LogP contribution in [0.1, 0.15) is 45.4 Å². The monoisotopic (exact) mass is 287 g/mol. The van der Waals surface area contributed by atoms with Gasteiger partial charge >= 0.3 is 5.97 Å². The molecule has 1 rings (SSSR count). The summed E-state index contributed by atoms with van der Waals surface area (Å²) >= 11 is 1.84. The Kier molecular flexibility index (Phi) is 7.94. The average Bonchev–Trinajstić information content (AvgIpc) is 2.89. The highest BCUT2D eigenvalue weighted by atomic mass is 32.2. The summed E-state index contributed by atoms with van der Waals surface area (Å²) in [6, 6.07) is 0. The first-order chi connectivity index (χ1) is 9.13. The van der Waals surface area contributed by atoms with Crippen LogP contribution in [0.2, 0.25) is 0 Å². The number of rotatable bonds is 9. The molecular weight excluding hydrogens is 262 g/mol. The fourth-order valence-corrected chi connectivity index (χ4v) is 3.67. The zero-order valence-corrected chi connectivity index (χ0v) is 12.5. The number of aliphatic carboxylic acids is 1. The van der Waals surface area contributed by atoms with Gasteiger partial charge in [0.05, 0.1) is 0 Å². The molecule has 0 spiro atoms. The van der Waals surface area contributed by atoms with Crippen molar-refractivity contribution in [1.29, 1.82) is 0 Å². The average molecular weight is 287 g/mol. The maximum absolute atomic E-state index is 11.8. The highest BCUT2D eigenvalue weighted by Gasteiger charge is 2.22. The molecule has 1 aliphatic heterocycles. The van der Waals surface area contributed by atoms with Gasteiger partial charge in [-0.3, -0.25) is 9.59 Å². The van der Waals surface area contributed by atoms with E-state index in [1.165, 1.54) is 0 Å². The number of hydrogen-bond donors (Lipinski definition) is 2. The van der Waals surface area contributed by atoms with Crippen LogP contribution in [0, 0.1) is 11.8 Å². The topological polar surface area (TPSA) is 66.4 Å². The van der Waals surface area contributed by atoms with Gasteiger partial charge in [-0.2, -0.15) is 11.8 Å². The molecular formula is C14H25NO3S. The van der Waals surface area contributed by atoms with E-state index in [2.05, 4.69) is 12.2 Å². The molecule has 1 amide bonds. The molecule has 2 N–H and O–H groups in total. The highest BCUT2D eigenvalue weighted by molar-refractivity contribution is 7.99. The van der Waals surface area contributed by atoms with Crippen LogP contribution in [0.25, 0.3) is 0 Å². The fraction of sp³-hybridized carbons (Fsp3) is 0.857. The molecule has 1 fully saturated rings. The van der Waals surface area contributed by atoms with Crippen LogP contribution in [0.15, 0.2) is 0 Å². The minimum atomic E-state index is -0.729. The van der Waals surface area contributed by atoms with Gasteiger partial charge in [0.2, 0.25) is 5.91 Å². The lowest BCUT2D eigenvalue weighted by Crippen LogP contribution is -2.32. The van der Waals surface area contributed by atoms with Crippen LogP contribution in [0.5, 0.6) is 0 Å². The van der Waals surface area contributed by atoms with Crippen molar-refractivity contribution in [3.05, 3.63) is 0 Å². The van der Waals surface area contributed by atoms with E-state index in [0.717, 1.165) is 43.6 Å². The second kappa shape index (κ2) is 9.23. The van der Waals surface area contributed by atoms with E-state index in [-0.39, 0.29) is 18.2 Å². The summed E-state index contributed by atoms with van der Waals surface area (Å²) in [6.07, 6.45) is 4.96. The van der Waals surface area contributed by atoms with E-state index in [4.69, 9.17) is 5.11 Å². The minimum absolute atomic E-state index is 0.179. The van der Waals surface area contributed by atoms with Crippen LogP contribution in [0.3, 0.4) is 0 Å². The second-order valence-corrected chi connectivity index (χ2v) is 6.38. The number of carboxylic acids is 1. The van der Waals surface area contributed by atoms with Gasteiger partial charge in [-0.25, -0.2) is 0 Å². The van der Waals surface area contributed by atoms with Gasteiger partial charge in [0.1, 0.15) is 0 Å². The molecule has 0 bridgehead atoms. The lowest BCUT2D eigenvalue weighted by Gasteiger charge is -2.16. The Morgan fingerprint density at radius 3 is 2.74 bits per heavy atom. The van der Waals surface area contributed by atoms with Crippen molar-refractivity contribution >= 4 is 23.6 Å². The van der Waals surface area contributed by atoms with Gasteiger partial charge < -0.3 is 10.4 Å². The first-order valence-corrected chi connectivity index (χ1v) is 8.36. The summed E-state index contributed by atoms with van der Waals surface area (Å²) in [6.45, 7) is 2.80. The molecule has 0 saturated carbocycles. The number of carbonyl (C=O) groups is 2. The molecule has 5 heteroatoms. The molecule has 0 aromatic heterocycles. The summed E-state index contributed by atoms with van der Waals surface area (Å²) in [5, 5.41) is 11.7. The number of thioether (sulfide) groups is 1. The van der Waals surface area contributed by atoms with Crippen molar-refractivity contribution in [2.75, 3.05) is 18.1 Å². The quantitative estimate of drug-likeness (QED) is 0.684. The van der Waals surface area contributed by atoms with E-state index in [1.807, 2.05) is 11.8 Å². The largest absolute Gasteiger partial charge is 0.481 e. The number of carbonyl (C=O) groups excluding carboxylic acids is 1. The number of nitrogens with one attached hydrogen (secondary N) is 1. The predicted octanol–water partition coefficient (Wildman–Crippen LogP) is 2.53. The maximum Gasteiger partial charge on any atom is 0.303 e. The molecule has 110 valence electrons. The molecule has 4 nitrogen and oxygen atoms in total. The molecule has 1 aliphatic rings. The van der Waals surface area contributed by atoms with Crippen molar-refractivity contribution in [1.82, 2.24) is 5.32 Å². The molecule has 1 saturated heterocycles. The first-order valence-electron chi connectivity index (χ1n) is 7.20. The maximum atomic E-state index is 11.8. The Bertz CT molecular complexity index is 290. The molecule has 0 radical (unpaired) electrons. The van der Waals surface area contributed by atoms with Crippen LogP contribution in [0.4, 0.5) is 0 Å². The first kappa shape index (κ1) is 16.3. The van der Waals surface area contributed by atoms with Gasteiger partial charge in [0.25, 0.3) is 0 Å². The van der Waals surface area contributed by atoms with Crippen LogP contribution >= 0.6 is 11.8 Å². The molecule has 1 heterocycles.